The average Bonchev–Trinajstić information content (AvgIpc) is 2.04. The molecule has 0 aromatic carbocycles. The molecule has 10 heavy (non-hydrogen) atoms. The van der Waals surface area contributed by atoms with Crippen LogP contribution in [0.25, 0.3) is 0 Å². The third-order valence-corrected chi connectivity index (χ3v) is 2.34. The fourth-order valence-corrected chi connectivity index (χ4v) is 1.66. The van der Waals surface area contributed by atoms with Crippen LogP contribution >= 0.6 is 0 Å². The minimum Gasteiger partial charge on any atom is -0.0988 e. The van der Waals surface area contributed by atoms with Crippen LogP contribution in [-0.2, 0) is 0 Å². The largest absolute Gasteiger partial charge is 0.0988 e. The second-order valence-electron chi connectivity index (χ2n) is 2.94. The summed E-state index contributed by atoms with van der Waals surface area (Å²) in [6, 6.07) is 0. The molecule has 0 aromatic heterocycles. The molecule has 0 nitrogen and oxygen atoms in total. The predicted molar refractivity (Wildman–Crippen MR) is 45.9 cm³/mol. The van der Waals surface area contributed by atoms with Crippen molar-refractivity contribution >= 4 is 0 Å². The maximum Gasteiger partial charge on any atom is -0.0168 e. The fraction of sp³-hybridized carbons (Fsp3) is 0.600. The molecule has 0 saturated carbocycles. The van der Waals surface area contributed by atoms with Gasteiger partial charge in [-0.1, -0.05) is 25.7 Å². The van der Waals surface area contributed by atoms with E-state index in [-0.39, 0.29) is 0 Å². The molecule has 0 N–H and O–H groups in total. The molecule has 0 aliphatic heterocycles. The third kappa shape index (κ3) is 1.50. The predicted octanol–water partition coefficient (Wildman–Crippen LogP) is 3.31. The summed E-state index contributed by atoms with van der Waals surface area (Å²) in [5.74, 6) is 0.811. The van der Waals surface area contributed by atoms with Gasteiger partial charge in [0, 0.05) is 0 Å². The van der Waals surface area contributed by atoms with E-state index >= 15 is 0 Å². The second kappa shape index (κ2) is 3.60. The highest BCUT2D eigenvalue weighted by atomic mass is 14.2. The quantitative estimate of drug-likeness (QED) is 0.546. The van der Waals surface area contributed by atoms with Crippen LogP contribution in [0, 0.1) is 5.92 Å². The van der Waals surface area contributed by atoms with Crippen molar-refractivity contribution in [1.82, 2.24) is 0 Å². The zero-order valence-corrected chi connectivity index (χ0v) is 6.77. The van der Waals surface area contributed by atoms with Crippen molar-refractivity contribution in [2.75, 3.05) is 0 Å². The number of rotatable bonds is 2. The molecule has 1 rings (SSSR count). The van der Waals surface area contributed by atoms with Gasteiger partial charge in [-0.25, -0.2) is 0 Å². The summed E-state index contributed by atoms with van der Waals surface area (Å²) >= 11 is 0. The molecule has 0 heteroatoms. The van der Waals surface area contributed by atoms with Crippen molar-refractivity contribution < 1.29 is 0 Å². The van der Waals surface area contributed by atoms with E-state index in [1.807, 2.05) is 6.08 Å². The molecule has 56 valence electrons. The number of allylic oxidation sites excluding steroid dienone is 3. The lowest BCUT2D eigenvalue weighted by atomic mass is 9.86. The van der Waals surface area contributed by atoms with Crippen LogP contribution in [0.2, 0.25) is 0 Å². The summed E-state index contributed by atoms with van der Waals surface area (Å²) < 4.78 is 0. The zero-order valence-electron chi connectivity index (χ0n) is 6.77. The van der Waals surface area contributed by atoms with E-state index < -0.39 is 0 Å². The van der Waals surface area contributed by atoms with Crippen LogP contribution in [0.1, 0.15) is 32.6 Å². The summed E-state index contributed by atoms with van der Waals surface area (Å²) in [4.78, 5) is 0. The summed E-state index contributed by atoms with van der Waals surface area (Å²) in [5, 5.41) is 0. The van der Waals surface area contributed by atoms with E-state index in [0.29, 0.717) is 0 Å². The zero-order chi connectivity index (χ0) is 7.40. The number of hydrogen-bond donors (Lipinski definition) is 0. The Labute approximate surface area is 63.6 Å². The van der Waals surface area contributed by atoms with E-state index in [1.165, 1.54) is 31.3 Å². The van der Waals surface area contributed by atoms with Crippen LogP contribution in [0.15, 0.2) is 24.3 Å². The first-order chi connectivity index (χ1) is 4.88. The van der Waals surface area contributed by atoms with Crippen molar-refractivity contribution in [2.24, 2.45) is 5.92 Å². The van der Waals surface area contributed by atoms with Gasteiger partial charge in [0.25, 0.3) is 0 Å². The monoisotopic (exact) mass is 136 g/mol. The molecule has 0 radical (unpaired) electrons. The van der Waals surface area contributed by atoms with Gasteiger partial charge < -0.3 is 0 Å². The molecule has 0 bridgehead atoms. The highest BCUT2D eigenvalue weighted by molar-refractivity contribution is 5.21. The molecular formula is C10H16. The van der Waals surface area contributed by atoms with Crippen LogP contribution in [0.4, 0.5) is 0 Å². The first kappa shape index (κ1) is 7.59. The van der Waals surface area contributed by atoms with Crippen LogP contribution in [0.5, 0.6) is 0 Å². The Morgan fingerprint density at radius 3 is 3.10 bits per heavy atom. The normalized spacial score (nSPS) is 25.7. The van der Waals surface area contributed by atoms with Crippen molar-refractivity contribution in [3.63, 3.8) is 0 Å². The molecule has 0 heterocycles. The minimum atomic E-state index is 0.811. The first-order valence-corrected chi connectivity index (χ1v) is 4.21. The second-order valence-corrected chi connectivity index (χ2v) is 2.94. The molecule has 1 unspecified atom stereocenters. The Morgan fingerprint density at radius 1 is 1.80 bits per heavy atom. The van der Waals surface area contributed by atoms with E-state index in [4.69, 9.17) is 0 Å². The number of hydrogen-bond acceptors (Lipinski definition) is 0. The van der Waals surface area contributed by atoms with Crippen molar-refractivity contribution in [2.45, 2.75) is 32.6 Å². The van der Waals surface area contributed by atoms with E-state index in [1.54, 1.807) is 0 Å². The van der Waals surface area contributed by atoms with Gasteiger partial charge in [0.05, 0.1) is 0 Å². The van der Waals surface area contributed by atoms with Crippen molar-refractivity contribution in [1.29, 1.82) is 0 Å². The highest BCUT2D eigenvalue weighted by Gasteiger charge is 2.12. The Hall–Kier alpha value is -0.520. The van der Waals surface area contributed by atoms with Crippen LogP contribution < -0.4 is 0 Å². The maximum absolute atomic E-state index is 3.81. The van der Waals surface area contributed by atoms with Gasteiger partial charge in [-0.15, -0.1) is 0 Å². The smallest absolute Gasteiger partial charge is 0.0168 e. The molecule has 1 aliphatic carbocycles. The molecule has 0 amide bonds. The molecular weight excluding hydrogens is 120 g/mol. The lowest BCUT2D eigenvalue weighted by Gasteiger charge is -2.19. The summed E-state index contributed by atoms with van der Waals surface area (Å²) in [6.07, 6.45) is 9.64. The molecule has 0 aromatic rings. The van der Waals surface area contributed by atoms with Gasteiger partial charge in [0.15, 0.2) is 0 Å². The van der Waals surface area contributed by atoms with E-state index in [0.717, 1.165) is 5.92 Å². The van der Waals surface area contributed by atoms with Gasteiger partial charge in [-0.3, -0.25) is 0 Å². The topological polar surface area (TPSA) is 0 Å². The third-order valence-electron chi connectivity index (χ3n) is 2.34. The van der Waals surface area contributed by atoms with Gasteiger partial charge in [-0.05, 0) is 37.2 Å². The standard InChI is InChI=1S/C10H16/c1-3-9-7-5-6-8-10(9)4-2/h3,7,10H,1,4-6,8H2,2H3. The molecule has 0 saturated heterocycles. The summed E-state index contributed by atoms with van der Waals surface area (Å²) in [5.41, 5.74) is 1.48. The Balaban J connectivity index is 2.62. The summed E-state index contributed by atoms with van der Waals surface area (Å²) in [6.45, 7) is 6.07. The van der Waals surface area contributed by atoms with Gasteiger partial charge in [0.2, 0.25) is 0 Å². The minimum absolute atomic E-state index is 0.811. The van der Waals surface area contributed by atoms with Crippen LogP contribution in [0.3, 0.4) is 0 Å². The van der Waals surface area contributed by atoms with Gasteiger partial charge >= 0.3 is 0 Å². The summed E-state index contributed by atoms with van der Waals surface area (Å²) in [7, 11) is 0. The Bertz CT molecular complexity index is 142. The maximum atomic E-state index is 3.81. The van der Waals surface area contributed by atoms with E-state index in [9.17, 15) is 0 Å². The molecule has 0 spiro atoms. The molecule has 1 atom stereocenters. The van der Waals surface area contributed by atoms with Crippen molar-refractivity contribution in [3.8, 4) is 0 Å². The molecule has 0 fully saturated rings. The SMILES string of the molecule is C=CC1=CCCCC1CC. The van der Waals surface area contributed by atoms with Crippen molar-refractivity contribution in [3.05, 3.63) is 24.3 Å². The lowest BCUT2D eigenvalue weighted by molar-refractivity contribution is 0.507. The Kier molecular flexibility index (Phi) is 2.73. The molecule has 1 aliphatic rings. The van der Waals surface area contributed by atoms with Gasteiger partial charge in [-0.2, -0.15) is 0 Å². The Morgan fingerprint density at radius 2 is 2.60 bits per heavy atom. The van der Waals surface area contributed by atoms with E-state index in [2.05, 4.69) is 19.6 Å². The fourth-order valence-electron chi connectivity index (χ4n) is 1.66. The first-order valence-electron chi connectivity index (χ1n) is 4.21. The highest BCUT2D eigenvalue weighted by Crippen LogP contribution is 2.27. The van der Waals surface area contributed by atoms with Crippen LogP contribution in [-0.4, -0.2) is 0 Å². The van der Waals surface area contributed by atoms with Gasteiger partial charge in [0.1, 0.15) is 0 Å². The lowest BCUT2D eigenvalue weighted by Crippen LogP contribution is -2.05. The average molecular weight is 136 g/mol.